The lowest BCUT2D eigenvalue weighted by atomic mass is 9.84. The summed E-state index contributed by atoms with van der Waals surface area (Å²) in [5, 5.41) is 7.09. The Morgan fingerprint density at radius 2 is 2.19 bits per heavy atom. The SMILES string of the molecule is CCCNC(Cc1nccs1)C(C)(CC)N1CCOCC1. The molecule has 120 valence electrons. The Morgan fingerprint density at radius 1 is 1.43 bits per heavy atom. The molecule has 2 rings (SSSR count). The second-order valence-electron chi connectivity index (χ2n) is 5.95. The molecule has 2 heterocycles. The summed E-state index contributed by atoms with van der Waals surface area (Å²) in [7, 11) is 0. The molecule has 1 aromatic rings. The summed E-state index contributed by atoms with van der Waals surface area (Å²) in [5.74, 6) is 0. The smallest absolute Gasteiger partial charge is 0.0941 e. The van der Waals surface area contributed by atoms with Crippen molar-refractivity contribution in [1.29, 1.82) is 0 Å². The number of morpholine rings is 1. The van der Waals surface area contributed by atoms with Crippen LogP contribution < -0.4 is 5.32 Å². The van der Waals surface area contributed by atoms with Gasteiger partial charge in [0.05, 0.1) is 18.2 Å². The lowest BCUT2D eigenvalue weighted by Crippen LogP contribution is -2.62. The van der Waals surface area contributed by atoms with E-state index in [2.05, 4.69) is 41.4 Å². The van der Waals surface area contributed by atoms with E-state index in [1.54, 1.807) is 11.3 Å². The van der Waals surface area contributed by atoms with Crippen LogP contribution in [0.5, 0.6) is 0 Å². The molecule has 0 bridgehead atoms. The van der Waals surface area contributed by atoms with E-state index in [1.165, 1.54) is 5.01 Å². The van der Waals surface area contributed by atoms with Gasteiger partial charge in [-0.05, 0) is 26.3 Å². The summed E-state index contributed by atoms with van der Waals surface area (Å²) in [6, 6.07) is 0.437. The number of hydrogen-bond acceptors (Lipinski definition) is 5. The maximum Gasteiger partial charge on any atom is 0.0941 e. The van der Waals surface area contributed by atoms with Crippen LogP contribution >= 0.6 is 11.3 Å². The van der Waals surface area contributed by atoms with E-state index in [-0.39, 0.29) is 5.54 Å². The standard InChI is InChI=1S/C16H29N3OS/c1-4-6-17-14(13-15-18-7-12-21-15)16(3,5-2)19-8-10-20-11-9-19/h7,12,14,17H,4-6,8-11,13H2,1-3H3. The monoisotopic (exact) mass is 311 g/mol. The van der Waals surface area contributed by atoms with Crippen LogP contribution in [0.25, 0.3) is 0 Å². The number of ether oxygens (including phenoxy) is 1. The van der Waals surface area contributed by atoms with Crippen LogP contribution in [0.4, 0.5) is 0 Å². The van der Waals surface area contributed by atoms with E-state index in [0.717, 1.165) is 52.1 Å². The van der Waals surface area contributed by atoms with Gasteiger partial charge in [0.15, 0.2) is 0 Å². The summed E-state index contributed by atoms with van der Waals surface area (Å²) in [4.78, 5) is 7.10. The van der Waals surface area contributed by atoms with Crippen molar-refractivity contribution in [2.45, 2.75) is 51.6 Å². The summed E-state index contributed by atoms with van der Waals surface area (Å²) < 4.78 is 5.53. The van der Waals surface area contributed by atoms with Gasteiger partial charge in [-0.25, -0.2) is 4.98 Å². The minimum atomic E-state index is 0.157. The van der Waals surface area contributed by atoms with E-state index < -0.39 is 0 Å². The Morgan fingerprint density at radius 3 is 2.76 bits per heavy atom. The molecule has 2 atom stereocenters. The van der Waals surface area contributed by atoms with Gasteiger partial charge >= 0.3 is 0 Å². The van der Waals surface area contributed by atoms with E-state index in [1.807, 2.05) is 6.20 Å². The average molecular weight is 311 g/mol. The molecule has 1 aliphatic heterocycles. The number of nitrogens with one attached hydrogen (secondary N) is 1. The maximum atomic E-state index is 5.53. The second-order valence-corrected chi connectivity index (χ2v) is 6.93. The first-order chi connectivity index (χ1) is 10.2. The van der Waals surface area contributed by atoms with Gasteiger partial charge in [-0.3, -0.25) is 4.90 Å². The molecule has 0 spiro atoms. The third-order valence-electron chi connectivity index (χ3n) is 4.70. The summed E-state index contributed by atoms with van der Waals surface area (Å²) >= 11 is 1.76. The zero-order valence-corrected chi connectivity index (χ0v) is 14.4. The van der Waals surface area contributed by atoms with Crippen molar-refractivity contribution < 1.29 is 4.74 Å². The zero-order valence-electron chi connectivity index (χ0n) is 13.6. The highest BCUT2D eigenvalue weighted by Crippen LogP contribution is 2.27. The van der Waals surface area contributed by atoms with Crippen LogP contribution in [0.1, 0.15) is 38.6 Å². The molecule has 2 unspecified atom stereocenters. The Labute approximate surface area is 132 Å². The number of aromatic nitrogens is 1. The van der Waals surface area contributed by atoms with Crippen LogP contribution in [-0.4, -0.2) is 54.3 Å². The Hall–Kier alpha value is -0.490. The van der Waals surface area contributed by atoms with Crippen LogP contribution in [0.3, 0.4) is 0 Å². The molecule has 0 aliphatic carbocycles. The van der Waals surface area contributed by atoms with Gasteiger partial charge in [0.25, 0.3) is 0 Å². The van der Waals surface area contributed by atoms with Gasteiger partial charge in [0, 0.05) is 42.7 Å². The topological polar surface area (TPSA) is 37.4 Å². The molecule has 1 fully saturated rings. The first-order valence-corrected chi connectivity index (χ1v) is 9.03. The van der Waals surface area contributed by atoms with E-state index in [4.69, 9.17) is 4.74 Å². The molecule has 5 heteroatoms. The van der Waals surface area contributed by atoms with Gasteiger partial charge in [0.1, 0.15) is 0 Å². The number of thiazole rings is 1. The Bertz CT molecular complexity index is 392. The number of hydrogen-bond donors (Lipinski definition) is 1. The minimum Gasteiger partial charge on any atom is -0.379 e. The van der Waals surface area contributed by atoms with Crippen LogP contribution in [0, 0.1) is 0 Å². The molecule has 0 aromatic carbocycles. The van der Waals surface area contributed by atoms with Crippen molar-refractivity contribution in [3.63, 3.8) is 0 Å². The van der Waals surface area contributed by atoms with Crippen LogP contribution in [-0.2, 0) is 11.2 Å². The molecule has 0 amide bonds. The summed E-state index contributed by atoms with van der Waals surface area (Å²) in [6.45, 7) is 11.8. The van der Waals surface area contributed by atoms with Gasteiger partial charge < -0.3 is 10.1 Å². The second kappa shape index (κ2) is 8.22. The Kier molecular flexibility index (Phi) is 6.61. The van der Waals surface area contributed by atoms with E-state index in [0.29, 0.717) is 6.04 Å². The molecule has 21 heavy (non-hydrogen) atoms. The third-order valence-corrected chi connectivity index (χ3v) is 5.50. The molecule has 0 radical (unpaired) electrons. The first-order valence-electron chi connectivity index (χ1n) is 8.15. The predicted molar refractivity (Wildman–Crippen MR) is 89.0 cm³/mol. The van der Waals surface area contributed by atoms with E-state index in [9.17, 15) is 0 Å². The molecule has 4 nitrogen and oxygen atoms in total. The largest absolute Gasteiger partial charge is 0.379 e. The van der Waals surface area contributed by atoms with Crippen molar-refractivity contribution in [2.75, 3.05) is 32.8 Å². The lowest BCUT2D eigenvalue weighted by molar-refractivity contribution is -0.0322. The first kappa shape index (κ1) is 16.9. The van der Waals surface area contributed by atoms with E-state index >= 15 is 0 Å². The lowest BCUT2D eigenvalue weighted by Gasteiger charge is -2.48. The van der Waals surface area contributed by atoms with Crippen LogP contribution in [0.15, 0.2) is 11.6 Å². The van der Waals surface area contributed by atoms with Gasteiger partial charge in [-0.15, -0.1) is 11.3 Å². The van der Waals surface area contributed by atoms with Crippen molar-refractivity contribution in [3.8, 4) is 0 Å². The van der Waals surface area contributed by atoms with Crippen molar-refractivity contribution >= 4 is 11.3 Å². The Balaban J connectivity index is 2.13. The maximum absolute atomic E-state index is 5.53. The quantitative estimate of drug-likeness (QED) is 0.800. The fourth-order valence-corrected chi connectivity index (χ4v) is 3.79. The molecule has 1 aromatic heterocycles. The fourth-order valence-electron chi connectivity index (χ4n) is 3.12. The van der Waals surface area contributed by atoms with Gasteiger partial charge in [-0.1, -0.05) is 13.8 Å². The zero-order chi connectivity index (χ0) is 15.1. The summed E-state index contributed by atoms with van der Waals surface area (Å²) in [5.41, 5.74) is 0.157. The third kappa shape index (κ3) is 4.25. The van der Waals surface area contributed by atoms with Crippen molar-refractivity contribution in [1.82, 2.24) is 15.2 Å². The van der Waals surface area contributed by atoms with Gasteiger partial charge in [-0.2, -0.15) is 0 Å². The van der Waals surface area contributed by atoms with Crippen molar-refractivity contribution in [3.05, 3.63) is 16.6 Å². The van der Waals surface area contributed by atoms with Gasteiger partial charge in [0.2, 0.25) is 0 Å². The molecular formula is C16H29N3OS. The molecule has 1 saturated heterocycles. The number of rotatable bonds is 8. The molecule has 1 aliphatic rings. The number of nitrogens with zero attached hydrogens (tertiary/aromatic N) is 2. The molecule has 0 saturated carbocycles. The van der Waals surface area contributed by atoms with Crippen molar-refractivity contribution in [2.24, 2.45) is 0 Å². The molecule has 1 N–H and O–H groups in total. The highest BCUT2D eigenvalue weighted by Gasteiger charge is 2.38. The average Bonchev–Trinajstić information content (AvgIpc) is 3.04. The normalized spacial score (nSPS) is 21.1. The summed E-state index contributed by atoms with van der Waals surface area (Å²) in [6.07, 6.45) is 5.23. The predicted octanol–water partition coefficient (Wildman–Crippen LogP) is 2.55. The molecular weight excluding hydrogens is 282 g/mol. The fraction of sp³-hybridized carbons (Fsp3) is 0.812. The highest BCUT2D eigenvalue weighted by atomic mass is 32.1. The minimum absolute atomic E-state index is 0.157. The van der Waals surface area contributed by atoms with Crippen LogP contribution in [0.2, 0.25) is 0 Å². The highest BCUT2D eigenvalue weighted by molar-refractivity contribution is 7.09.